The van der Waals surface area contributed by atoms with Gasteiger partial charge < -0.3 is 4.98 Å². The molecule has 2 nitrogen and oxygen atoms in total. The van der Waals surface area contributed by atoms with Gasteiger partial charge >= 0.3 is 0 Å². The first-order valence-corrected chi connectivity index (χ1v) is 8.80. The summed E-state index contributed by atoms with van der Waals surface area (Å²) in [5.74, 6) is -0.173. The number of hydrogen-bond acceptors (Lipinski definition) is 1. The van der Waals surface area contributed by atoms with E-state index in [9.17, 15) is 4.39 Å². The number of benzene rings is 2. The highest BCUT2D eigenvalue weighted by Gasteiger charge is 2.45. The summed E-state index contributed by atoms with van der Waals surface area (Å²) in [6.45, 7) is 4.30. The van der Waals surface area contributed by atoms with Crippen LogP contribution in [0, 0.1) is 5.82 Å². The summed E-state index contributed by atoms with van der Waals surface area (Å²) in [7, 11) is 0. The highest BCUT2D eigenvalue weighted by atomic mass is 35.5. The summed E-state index contributed by atoms with van der Waals surface area (Å²) in [5, 5.41) is 1.81. The van der Waals surface area contributed by atoms with E-state index < -0.39 is 0 Å². The van der Waals surface area contributed by atoms with E-state index in [0.717, 1.165) is 41.9 Å². The van der Waals surface area contributed by atoms with Crippen LogP contribution < -0.4 is 0 Å². The van der Waals surface area contributed by atoms with Gasteiger partial charge in [-0.25, -0.2) is 4.39 Å². The lowest BCUT2D eigenvalue weighted by molar-refractivity contribution is 0.112. The van der Waals surface area contributed by atoms with Crippen LogP contribution in [0.4, 0.5) is 4.39 Å². The molecular weight excluding hydrogens is 323 g/mol. The molecule has 1 atom stereocenters. The summed E-state index contributed by atoms with van der Waals surface area (Å²) in [6, 6.07) is 11.3. The maximum Gasteiger partial charge on any atom is 0.123 e. The van der Waals surface area contributed by atoms with E-state index in [1.54, 1.807) is 6.07 Å². The number of H-pyrrole nitrogens is 1. The van der Waals surface area contributed by atoms with E-state index in [1.807, 2.05) is 12.1 Å². The molecule has 2 aromatic carbocycles. The Kier molecular flexibility index (Phi) is 2.92. The summed E-state index contributed by atoms with van der Waals surface area (Å²) in [4.78, 5) is 6.14. The van der Waals surface area contributed by atoms with E-state index in [1.165, 1.54) is 28.5 Å². The van der Waals surface area contributed by atoms with Crippen molar-refractivity contribution < 1.29 is 4.39 Å². The fourth-order valence-electron chi connectivity index (χ4n) is 4.66. The Balaban J connectivity index is 1.81. The minimum atomic E-state index is -0.207. The molecule has 3 heterocycles. The smallest absolute Gasteiger partial charge is 0.123 e. The van der Waals surface area contributed by atoms with Crippen LogP contribution in [0.2, 0.25) is 5.02 Å². The Morgan fingerprint density at radius 1 is 1.12 bits per heavy atom. The predicted octanol–water partition coefficient (Wildman–Crippen LogP) is 4.64. The molecule has 2 aliphatic rings. The van der Waals surface area contributed by atoms with Crippen LogP contribution in [0.25, 0.3) is 10.9 Å². The molecule has 0 aliphatic carbocycles. The second-order valence-corrected chi connectivity index (χ2v) is 7.47. The lowest BCUT2D eigenvalue weighted by atomic mass is 9.75. The van der Waals surface area contributed by atoms with E-state index in [4.69, 9.17) is 11.6 Å². The highest BCUT2D eigenvalue weighted by molar-refractivity contribution is 6.30. The summed E-state index contributed by atoms with van der Waals surface area (Å²) in [6.07, 6.45) is 1.98. The van der Waals surface area contributed by atoms with Crippen LogP contribution in [0.3, 0.4) is 0 Å². The van der Waals surface area contributed by atoms with Gasteiger partial charge in [0.15, 0.2) is 0 Å². The molecule has 0 saturated carbocycles. The summed E-state index contributed by atoms with van der Waals surface area (Å²) < 4.78 is 13.8. The maximum atomic E-state index is 13.8. The number of rotatable bonds is 0. The van der Waals surface area contributed by atoms with E-state index in [-0.39, 0.29) is 11.4 Å². The van der Waals surface area contributed by atoms with Gasteiger partial charge in [0.1, 0.15) is 5.82 Å². The molecule has 2 aliphatic heterocycles. The average molecular weight is 341 g/mol. The lowest BCUT2D eigenvalue weighted by Gasteiger charge is -2.49. The van der Waals surface area contributed by atoms with Crippen LogP contribution in [0.1, 0.15) is 29.3 Å². The van der Waals surface area contributed by atoms with Crippen LogP contribution in [0.15, 0.2) is 36.4 Å². The largest absolute Gasteiger partial charge is 0.356 e. The van der Waals surface area contributed by atoms with Crippen molar-refractivity contribution in [2.75, 3.05) is 13.1 Å². The molecule has 0 radical (unpaired) electrons. The maximum absolute atomic E-state index is 13.8. The Bertz CT molecular complexity index is 977. The van der Waals surface area contributed by atoms with Gasteiger partial charge in [-0.05, 0) is 66.8 Å². The Morgan fingerprint density at radius 3 is 2.83 bits per heavy atom. The van der Waals surface area contributed by atoms with Gasteiger partial charge in [-0.3, -0.25) is 4.90 Å². The monoisotopic (exact) mass is 340 g/mol. The molecule has 0 saturated heterocycles. The molecule has 5 rings (SSSR count). The van der Waals surface area contributed by atoms with Crippen LogP contribution in [-0.2, 0) is 18.4 Å². The van der Waals surface area contributed by atoms with Crippen molar-refractivity contribution in [1.29, 1.82) is 0 Å². The molecule has 24 heavy (non-hydrogen) atoms. The number of aromatic nitrogens is 1. The third-order valence-corrected chi connectivity index (χ3v) is 6.10. The molecule has 0 amide bonds. The topological polar surface area (TPSA) is 19.0 Å². The molecule has 1 unspecified atom stereocenters. The molecular formula is C20H18ClFN2. The van der Waals surface area contributed by atoms with Crippen molar-refractivity contribution in [3.63, 3.8) is 0 Å². The number of hydrogen-bond donors (Lipinski definition) is 1. The molecule has 1 N–H and O–H groups in total. The zero-order chi connectivity index (χ0) is 16.5. The van der Waals surface area contributed by atoms with Gasteiger partial charge in [0.05, 0.1) is 5.54 Å². The van der Waals surface area contributed by atoms with Crippen molar-refractivity contribution >= 4 is 22.5 Å². The molecule has 4 heteroatoms. The Morgan fingerprint density at radius 2 is 1.96 bits per heavy atom. The SMILES string of the molecule is CC12c3ccc(Cl)cc3CCN1CCc1c2[nH]c2ccc(F)cc12. The van der Waals surface area contributed by atoms with E-state index in [2.05, 4.69) is 28.9 Å². The van der Waals surface area contributed by atoms with Crippen molar-refractivity contribution in [2.24, 2.45) is 0 Å². The summed E-state index contributed by atoms with van der Waals surface area (Å²) in [5.41, 5.74) is 5.90. The van der Waals surface area contributed by atoms with E-state index >= 15 is 0 Å². The lowest BCUT2D eigenvalue weighted by Crippen LogP contribution is -2.53. The minimum absolute atomic E-state index is 0.173. The molecule has 1 aromatic heterocycles. The highest BCUT2D eigenvalue weighted by Crippen LogP contribution is 2.46. The van der Waals surface area contributed by atoms with Crippen molar-refractivity contribution in [3.8, 4) is 0 Å². The number of aromatic amines is 1. The number of fused-ring (bicyclic) bond motifs is 7. The van der Waals surface area contributed by atoms with E-state index in [0.29, 0.717) is 0 Å². The predicted molar refractivity (Wildman–Crippen MR) is 95.1 cm³/mol. The molecule has 0 spiro atoms. The van der Waals surface area contributed by atoms with Gasteiger partial charge in [-0.1, -0.05) is 17.7 Å². The minimum Gasteiger partial charge on any atom is -0.356 e. The number of halogens is 2. The van der Waals surface area contributed by atoms with Crippen molar-refractivity contribution in [3.05, 3.63) is 69.6 Å². The second-order valence-electron chi connectivity index (χ2n) is 7.03. The van der Waals surface area contributed by atoms with Gasteiger partial charge in [0, 0.05) is 34.7 Å². The van der Waals surface area contributed by atoms with Gasteiger partial charge in [-0.2, -0.15) is 0 Å². The third-order valence-electron chi connectivity index (χ3n) is 5.86. The first-order valence-electron chi connectivity index (χ1n) is 8.42. The number of nitrogens with zero attached hydrogens (tertiary/aromatic N) is 1. The average Bonchev–Trinajstić information content (AvgIpc) is 2.93. The zero-order valence-electron chi connectivity index (χ0n) is 13.5. The van der Waals surface area contributed by atoms with Crippen molar-refractivity contribution in [2.45, 2.75) is 25.3 Å². The molecule has 122 valence electrons. The second kappa shape index (κ2) is 4.84. The molecule has 0 fully saturated rings. The Labute approximate surface area is 145 Å². The van der Waals surface area contributed by atoms with Gasteiger partial charge in [0.25, 0.3) is 0 Å². The third kappa shape index (κ3) is 1.80. The fraction of sp³-hybridized carbons (Fsp3) is 0.300. The normalized spacial score (nSPS) is 23.0. The quantitative estimate of drug-likeness (QED) is 0.631. The molecule has 0 bridgehead atoms. The van der Waals surface area contributed by atoms with Crippen LogP contribution >= 0.6 is 11.6 Å². The zero-order valence-corrected chi connectivity index (χ0v) is 14.3. The number of nitrogens with one attached hydrogen (secondary N) is 1. The first kappa shape index (κ1) is 14.5. The molecule has 3 aromatic rings. The summed E-state index contributed by atoms with van der Waals surface area (Å²) >= 11 is 6.22. The van der Waals surface area contributed by atoms with Gasteiger partial charge in [0.2, 0.25) is 0 Å². The van der Waals surface area contributed by atoms with Crippen molar-refractivity contribution in [1.82, 2.24) is 9.88 Å². The van der Waals surface area contributed by atoms with Crippen LogP contribution in [-0.4, -0.2) is 23.0 Å². The first-order chi connectivity index (χ1) is 11.6. The van der Waals surface area contributed by atoms with Crippen LogP contribution in [0.5, 0.6) is 0 Å². The standard InChI is InChI=1S/C20H18ClFN2/c1-20-17-4-2-13(21)10-12(17)6-8-24(20)9-7-15-16-11-14(22)3-5-18(16)23-19(15)20/h2-5,10-11,23H,6-9H2,1H3. The Hall–Kier alpha value is -1.84. The van der Waals surface area contributed by atoms with Gasteiger partial charge in [-0.15, -0.1) is 0 Å². The fourth-order valence-corrected chi connectivity index (χ4v) is 4.86.